The molecule has 0 fully saturated rings. The van der Waals surface area contributed by atoms with Crippen LogP contribution < -0.4 is 11.1 Å². The Morgan fingerprint density at radius 2 is 1.78 bits per heavy atom. The lowest BCUT2D eigenvalue weighted by atomic mass is 10.1. The van der Waals surface area contributed by atoms with Crippen molar-refractivity contribution in [3.63, 3.8) is 0 Å². The van der Waals surface area contributed by atoms with Crippen molar-refractivity contribution >= 4 is 17.3 Å². The summed E-state index contributed by atoms with van der Waals surface area (Å²) in [6, 6.07) is 13.7. The summed E-state index contributed by atoms with van der Waals surface area (Å²) in [5, 5.41) is 3.76. The molecule has 0 amide bonds. The smallest absolute Gasteiger partial charge is 0.146 e. The van der Waals surface area contributed by atoms with E-state index in [0.29, 0.717) is 17.3 Å². The summed E-state index contributed by atoms with van der Waals surface area (Å²) >= 11 is 5.83. The molecule has 3 N–H and O–H groups in total. The number of halogens is 2. The Morgan fingerprint density at radius 3 is 2.39 bits per heavy atom. The summed E-state index contributed by atoms with van der Waals surface area (Å²) in [5.41, 5.74) is 7.15. The Kier molecular flexibility index (Phi) is 4.18. The minimum Gasteiger partial charge on any atom is -0.375 e. The molecule has 0 aliphatic rings. The van der Waals surface area contributed by atoms with E-state index >= 15 is 0 Å². The van der Waals surface area contributed by atoms with Gasteiger partial charge >= 0.3 is 0 Å². The molecule has 18 heavy (non-hydrogen) atoms. The molecular formula is C14H14ClFN2. The highest BCUT2D eigenvalue weighted by Gasteiger charge is 2.11. The zero-order valence-corrected chi connectivity index (χ0v) is 10.5. The van der Waals surface area contributed by atoms with Crippen LogP contribution in [0, 0.1) is 5.82 Å². The third-order valence-electron chi connectivity index (χ3n) is 2.71. The second-order valence-corrected chi connectivity index (χ2v) is 4.40. The minimum atomic E-state index is -0.287. The van der Waals surface area contributed by atoms with Gasteiger partial charge in [0.2, 0.25) is 0 Å². The minimum absolute atomic E-state index is 0.140. The summed E-state index contributed by atoms with van der Waals surface area (Å²) < 4.78 is 13.5. The molecule has 0 spiro atoms. The van der Waals surface area contributed by atoms with Gasteiger partial charge in [0.05, 0.1) is 11.7 Å². The van der Waals surface area contributed by atoms with E-state index in [1.165, 1.54) is 6.07 Å². The van der Waals surface area contributed by atoms with Crippen LogP contribution in [-0.4, -0.2) is 6.54 Å². The van der Waals surface area contributed by atoms with Gasteiger partial charge in [-0.05, 0) is 29.8 Å². The third-order valence-corrected chi connectivity index (χ3v) is 2.96. The van der Waals surface area contributed by atoms with Crippen molar-refractivity contribution < 1.29 is 4.39 Å². The summed E-state index contributed by atoms with van der Waals surface area (Å²) in [7, 11) is 0. The highest BCUT2D eigenvalue weighted by atomic mass is 35.5. The lowest BCUT2D eigenvalue weighted by Crippen LogP contribution is -2.21. The van der Waals surface area contributed by atoms with Crippen molar-refractivity contribution in [3.05, 3.63) is 64.9 Å². The molecule has 0 aromatic heterocycles. The normalized spacial score (nSPS) is 12.2. The van der Waals surface area contributed by atoms with E-state index < -0.39 is 0 Å². The Hall–Kier alpha value is -1.58. The van der Waals surface area contributed by atoms with Crippen LogP contribution in [0.15, 0.2) is 48.5 Å². The van der Waals surface area contributed by atoms with Crippen molar-refractivity contribution in [1.82, 2.24) is 0 Å². The maximum Gasteiger partial charge on any atom is 0.146 e. The highest BCUT2D eigenvalue weighted by Crippen LogP contribution is 2.22. The van der Waals surface area contributed by atoms with Gasteiger partial charge in [-0.1, -0.05) is 35.9 Å². The molecule has 2 aromatic rings. The van der Waals surface area contributed by atoms with Crippen molar-refractivity contribution in [1.29, 1.82) is 0 Å². The second kappa shape index (κ2) is 5.85. The molecule has 0 radical (unpaired) electrons. The lowest BCUT2D eigenvalue weighted by Gasteiger charge is -2.19. The molecule has 2 nitrogen and oxygen atoms in total. The molecule has 0 saturated carbocycles. The SMILES string of the molecule is NCC(Nc1ccccc1F)c1ccc(Cl)cc1. The van der Waals surface area contributed by atoms with Gasteiger partial charge in [-0.2, -0.15) is 0 Å². The van der Waals surface area contributed by atoms with Gasteiger partial charge in [0.15, 0.2) is 0 Å². The summed E-state index contributed by atoms with van der Waals surface area (Å²) in [6.45, 7) is 0.371. The van der Waals surface area contributed by atoms with E-state index in [1.807, 2.05) is 12.1 Å². The maximum atomic E-state index is 13.5. The zero-order chi connectivity index (χ0) is 13.0. The first-order valence-corrected chi connectivity index (χ1v) is 6.05. The number of nitrogens with one attached hydrogen (secondary N) is 1. The van der Waals surface area contributed by atoms with E-state index in [-0.39, 0.29) is 11.9 Å². The van der Waals surface area contributed by atoms with Crippen LogP contribution in [0.3, 0.4) is 0 Å². The number of hydrogen-bond donors (Lipinski definition) is 2. The Balaban J connectivity index is 2.20. The van der Waals surface area contributed by atoms with Crippen LogP contribution in [0.25, 0.3) is 0 Å². The molecule has 0 aliphatic heterocycles. The molecule has 4 heteroatoms. The van der Waals surface area contributed by atoms with E-state index in [9.17, 15) is 4.39 Å². The predicted molar refractivity (Wildman–Crippen MR) is 73.3 cm³/mol. The maximum absolute atomic E-state index is 13.5. The Labute approximate surface area is 111 Å². The van der Waals surface area contributed by atoms with Crippen LogP contribution in [0.1, 0.15) is 11.6 Å². The van der Waals surface area contributed by atoms with E-state index in [4.69, 9.17) is 17.3 Å². The van der Waals surface area contributed by atoms with Crippen LogP contribution in [0.4, 0.5) is 10.1 Å². The lowest BCUT2D eigenvalue weighted by molar-refractivity contribution is 0.626. The van der Waals surface area contributed by atoms with Crippen LogP contribution >= 0.6 is 11.6 Å². The molecular weight excluding hydrogens is 251 g/mol. The summed E-state index contributed by atoms with van der Waals surface area (Å²) in [4.78, 5) is 0. The number of para-hydroxylation sites is 1. The third kappa shape index (κ3) is 3.00. The predicted octanol–water partition coefficient (Wildman–Crippen LogP) is 3.59. The molecule has 0 saturated heterocycles. The largest absolute Gasteiger partial charge is 0.375 e. The van der Waals surface area contributed by atoms with Gasteiger partial charge in [-0.3, -0.25) is 0 Å². The molecule has 1 unspecified atom stereocenters. The fourth-order valence-corrected chi connectivity index (χ4v) is 1.87. The number of nitrogens with two attached hydrogens (primary N) is 1. The molecule has 0 bridgehead atoms. The Morgan fingerprint density at radius 1 is 1.11 bits per heavy atom. The summed E-state index contributed by atoms with van der Waals surface area (Å²) in [5.74, 6) is -0.287. The average Bonchev–Trinajstić information content (AvgIpc) is 2.39. The number of hydrogen-bond acceptors (Lipinski definition) is 2. The molecule has 0 aliphatic carbocycles. The van der Waals surface area contributed by atoms with E-state index in [0.717, 1.165) is 5.56 Å². The Bertz CT molecular complexity index is 513. The topological polar surface area (TPSA) is 38.0 Å². The van der Waals surface area contributed by atoms with Crippen LogP contribution in [0.5, 0.6) is 0 Å². The van der Waals surface area contributed by atoms with E-state index in [1.54, 1.807) is 30.3 Å². The van der Waals surface area contributed by atoms with Gasteiger partial charge in [0.25, 0.3) is 0 Å². The van der Waals surface area contributed by atoms with Gasteiger partial charge in [0.1, 0.15) is 5.82 Å². The van der Waals surface area contributed by atoms with Crippen molar-refractivity contribution in [2.24, 2.45) is 5.73 Å². The standard InChI is InChI=1S/C14H14ClFN2/c15-11-7-5-10(6-8-11)14(9-17)18-13-4-2-1-3-12(13)16/h1-8,14,18H,9,17H2. The van der Waals surface area contributed by atoms with Crippen molar-refractivity contribution in [2.45, 2.75) is 6.04 Å². The van der Waals surface area contributed by atoms with Gasteiger partial charge in [-0.25, -0.2) is 4.39 Å². The van der Waals surface area contributed by atoms with Crippen molar-refractivity contribution in [2.75, 3.05) is 11.9 Å². The van der Waals surface area contributed by atoms with E-state index in [2.05, 4.69) is 5.32 Å². The zero-order valence-electron chi connectivity index (χ0n) is 9.74. The monoisotopic (exact) mass is 264 g/mol. The first-order chi connectivity index (χ1) is 8.70. The molecule has 2 rings (SSSR count). The first-order valence-electron chi connectivity index (χ1n) is 5.67. The summed E-state index contributed by atoms with van der Waals surface area (Å²) in [6.07, 6.45) is 0. The number of anilines is 1. The molecule has 1 atom stereocenters. The van der Waals surface area contributed by atoms with Crippen LogP contribution in [-0.2, 0) is 0 Å². The number of benzene rings is 2. The molecule has 0 heterocycles. The second-order valence-electron chi connectivity index (χ2n) is 3.96. The first kappa shape index (κ1) is 12.9. The van der Waals surface area contributed by atoms with Gasteiger partial charge in [0, 0.05) is 11.6 Å². The van der Waals surface area contributed by atoms with Crippen molar-refractivity contribution in [3.8, 4) is 0 Å². The fraction of sp³-hybridized carbons (Fsp3) is 0.143. The fourth-order valence-electron chi connectivity index (χ4n) is 1.74. The molecule has 2 aromatic carbocycles. The number of rotatable bonds is 4. The van der Waals surface area contributed by atoms with Gasteiger partial charge < -0.3 is 11.1 Å². The quantitative estimate of drug-likeness (QED) is 0.886. The molecule has 94 valence electrons. The van der Waals surface area contributed by atoms with Crippen LogP contribution in [0.2, 0.25) is 5.02 Å². The average molecular weight is 265 g/mol. The van der Waals surface area contributed by atoms with Gasteiger partial charge in [-0.15, -0.1) is 0 Å². The highest BCUT2D eigenvalue weighted by molar-refractivity contribution is 6.30.